The summed E-state index contributed by atoms with van der Waals surface area (Å²) in [6, 6.07) is 9.03. The Morgan fingerprint density at radius 1 is 1.21 bits per heavy atom. The van der Waals surface area contributed by atoms with Gasteiger partial charge >= 0.3 is 0 Å². The quantitative estimate of drug-likeness (QED) is 0.780. The van der Waals surface area contributed by atoms with Crippen molar-refractivity contribution in [2.45, 2.75) is 0 Å². The Morgan fingerprint density at radius 3 is 2.50 bits per heavy atom. The molecule has 2 aromatic carbocycles. The summed E-state index contributed by atoms with van der Waals surface area (Å²) >= 11 is 5.84. The fourth-order valence-electron chi connectivity index (χ4n) is 1.46. The van der Waals surface area contributed by atoms with E-state index in [1.807, 2.05) is 18.2 Å². The first-order chi connectivity index (χ1) is 6.74. The third-order valence-electron chi connectivity index (χ3n) is 2.15. The fourth-order valence-corrected chi connectivity index (χ4v) is 1.66. The van der Waals surface area contributed by atoms with Crippen LogP contribution in [-0.2, 0) is 0 Å². The largest absolute Gasteiger partial charge is 0.506 e. The van der Waals surface area contributed by atoms with E-state index in [-0.39, 0.29) is 5.75 Å². The van der Waals surface area contributed by atoms with Gasteiger partial charge in [0.25, 0.3) is 0 Å². The summed E-state index contributed by atoms with van der Waals surface area (Å²) in [5, 5.41) is 11.6. The highest BCUT2D eigenvalue weighted by Crippen LogP contribution is 2.38. The highest BCUT2D eigenvalue weighted by molar-refractivity contribution is 6.33. The van der Waals surface area contributed by atoms with Crippen LogP contribution in [0.3, 0.4) is 0 Å². The molecule has 0 amide bonds. The summed E-state index contributed by atoms with van der Waals surface area (Å²) in [6.45, 7) is 0. The van der Waals surface area contributed by atoms with E-state index in [4.69, 9.17) is 16.3 Å². The molecule has 0 aliphatic heterocycles. The number of hydrogen-bond donors (Lipinski definition) is 1. The van der Waals surface area contributed by atoms with Crippen LogP contribution in [0.4, 0.5) is 0 Å². The van der Waals surface area contributed by atoms with Gasteiger partial charge in [-0.05, 0) is 0 Å². The van der Waals surface area contributed by atoms with E-state index in [1.165, 1.54) is 0 Å². The van der Waals surface area contributed by atoms with Crippen molar-refractivity contribution in [2.75, 3.05) is 7.11 Å². The number of phenols is 1. The topological polar surface area (TPSA) is 29.5 Å². The minimum Gasteiger partial charge on any atom is -0.506 e. The molecule has 2 aromatic rings. The molecule has 2 rings (SSSR count). The molecule has 72 valence electrons. The van der Waals surface area contributed by atoms with Gasteiger partial charge in [-0.2, -0.15) is 0 Å². The van der Waals surface area contributed by atoms with Crippen LogP contribution in [0.15, 0.2) is 30.3 Å². The molecule has 0 bridgehead atoms. The smallest absolute Gasteiger partial charge is 0.142 e. The second-order valence-corrected chi connectivity index (χ2v) is 3.36. The van der Waals surface area contributed by atoms with Gasteiger partial charge in [0.2, 0.25) is 0 Å². The molecule has 0 aliphatic rings. The number of hydrogen-bond acceptors (Lipinski definition) is 2. The fraction of sp³-hybridized carbons (Fsp3) is 0.0909. The lowest BCUT2D eigenvalue weighted by Gasteiger charge is -2.08. The van der Waals surface area contributed by atoms with Crippen LogP contribution in [0.2, 0.25) is 5.02 Å². The maximum Gasteiger partial charge on any atom is 0.142 e. The van der Waals surface area contributed by atoms with Gasteiger partial charge in [0.05, 0.1) is 12.1 Å². The number of aromatic hydroxyl groups is 1. The van der Waals surface area contributed by atoms with Crippen LogP contribution in [0.25, 0.3) is 10.8 Å². The van der Waals surface area contributed by atoms with E-state index in [1.54, 1.807) is 19.2 Å². The number of halogens is 1. The molecule has 3 heteroatoms. The molecular formula is C11H9ClO2. The predicted octanol–water partition coefficient (Wildman–Crippen LogP) is 3.21. The molecule has 0 spiro atoms. The van der Waals surface area contributed by atoms with Gasteiger partial charge in [-0.1, -0.05) is 35.9 Å². The lowest BCUT2D eigenvalue weighted by Crippen LogP contribution is -1.85. The van der Waals surface area contributed by atoms with Gasteiger partial charge in [0.15, 0.2) is 0 Å². The molecule has 1 N–H and O–H groups in total. The highest BCUT2D eigenvalue weighted by atomic mass is 35.5. The van der Waals surface area contributed by atoms with Gasteiger partial charge in [0, 0.05) is 16.8 Å². The standard InChI is InChI=1S/C11H9ClO2/c1-14-10-6-9(12)11(13)8-5-3-2-4-7(8)10/h2-6,13H,1H3. The van der Waals surface area contributed by atoms with Crippen LogP contribution >= 0.6 is 11.6 Å². The van der Waals surface area contributed by atoms with Crippen molar-refractivity contribution in [3.8, 4) is 11.5 Å². The molecule has 14 heavy (non-hydrogen) atoms. The van der Waals surface area contributed by atoms with Gasteiger partial charge in [-0.3, -0.25) is 0 Å². The first-order valence-corrected chi connectivity index (χ1v) is 4.56. The SMILES string of the molecule is COc1cc(Cl)c(O)c2ccccc12. The molecule has 0 heterocycles. The zero-order valence-electron chi connectivity index (χ0n) is 7.62. The van der Waals surface area contributed by atoms with Crippen molar-refractivity contribution in [3.63, 3.8) is 0 Å². The van der Waals surface area contributed by atoms with E-state index in [2.05, 4.69) is 0 Å². The highest BCUT2D eigenvalue weighted by Gasteiger charge is 2.09. The molecule has 0 saturated carbocycles. The van der Waals surface area contributed by atoms with Crippen LogP contribution in [0.5, 0.6) is 11.5 Å². The summed E-state index contributed by atoms with van der Waals surface area (Å²) in [5.41, 5.74) is 0. The first kappa shape index (κ1) is 9.16. The number of ether oxygens (including phenoxy) is 1. The molecule has 0 aliphatic carbocycles. The van der Waals surface area contributed by atoms with Gasteiger partial charge in [0.1, 0.15) is 11.5 Å². The van der Waals surface area contributed by atoms with Crippen molar-refractivity contribution in [2.24, 2.45) is 0 Å². The van der Waals surface area contributed by atoms with Crippen LogP contribution < -0.4 is 4.74 Å². The predicted molar refractivity (Wildman–Crippen MR) is 57.2 cm³/mol. The lowest BCUT2D eigenvalue weighted by atomic mass is 10.1. The number of fused-ring (bicyclic) bond motifs is 1. The van der Waals surface area contributed by atoms with E-state index in [9.17, 15) is 5.11 Å². The van der Waals surface area contributed by atoms with Gasteiger partial charge in [-0.15, -0.1) is 0 Å². The Bertz CT molecular complexity index is 480. The Morgan fingerprint density at radius 2 is 1.86 bits per heavy atom. The summed E-state index contributed by atoms with van der Waals surface area (Å²) in [5.74, 6) is 0.770. The molecule has 2 nitrogen and oxygen atoms in total. The van der Waals surface area contributed by atoms with Crippen molar-refractivity contribution in [3.05, 3.63) is 35.4 Å². The number of benzene rings is 2. The normalized spacial score (nSPS) is 10.4. The maximum absolute atomic E-state index is 9.69. The molecule has 0 radical (unpaired) electrons. The molecule has 0 unspecified atom stereocenters. The van der Waals surface area contributed by atoms with Crippen LogP contribution in [0, 0.1) is 0 Å². The van der Waals surface area contributed by atoms with Gasteiger partial charge in [-0.25, -0.2) is 0 Å². The summed E-state index contributed by atoms with van der Waals surface area (Å²) in [7, 11) is 1.58. The first-order valence-electron chi connectivity index (χ1n) is 4.18. The average Bonchev–Trinajstić information content (AvgIpc) is 2.23. The third-order valence-corrected chi connectivity index (χ3v) is 2.44. The summed E-state index contributed by atoms with van der Waals surface area (Å²) in [4.78, 5) is 0. The molecular weight excluding hydrogens is 200 g/mol. The van der Waals surface area contributed by atoms with E-state index in [0.717, 1.165) is 5.39 Å². The Kier molecular flexibility index (Phi) is 2.22. The monoisotopic (exact) mass is 208 g/mol. The second-order valence-electron chi connectivity index (χ2n) is 2.95. The van der Waals surface area contributed by atoms with E-state index < -0.39 is 0 Å². The van der Waals surface area contributed by atoms with Crippen molar-refractivity contribution < 1.29 is 9.84 Å². The molecule has 0 saturated heterocycles. The molecule has 0 fully saturated rings. The summed E-state index contributed by atoms with van der Waals surface area (Å²) < 4.78 is 5.17. The molecule has 0 atom stereocenters. The van der Waals surface area contributed by atoms with E-state index >= 15 is 0 Å². The van der Waals surface area contributed by atoms with Crippen LogP contribution in [0.1, 0.15) is 0 Å². The lowest BCUT2D eigenvalue weighted by molar-refractivity contribution is 0.418. The van der Waals surface area contributed by atoms with Gasteiger partial charge < -0.3 is 9.84 Å². The minimum absolute atomic E-state index is 0.100. The molecule has 0 aromatic heterocycles. The minimum atomic E-state index is 0.100. The zero-order valence-corrected chi connectivity index (χ0v) is 8.38. The number of rotatable bonds is 1. The summed E-state index contributed by atoms with van der Waals surface area (Å²) in [6.07, 6.45) is 0. The van der Waals surface area contributed by atoms with Crippen molar-refractivity contribution in [1.29, 1.82) is 0 Å². The second kappa shape index (κ2) is 3.39. The third kappa shape index (κ3) is 1.28. The maximum atomic E-state index is 9.69. The Hall–Kier alpha value is -1.41. The Balaban J connectivity index is 2.89. The van der Waals surface area contributed by atoms with E-state index in [0.29, 0.717) is 16.2 Å². The number of methoxy groups -OCH3 is 1. The van der Waals surface area contributed by atoms with Crippen LogP contribution in [-0.4, -0.2) is 12.2 Å². The zero-order chi connectivity index (χ0) is 10.1. The van der Waals surface area contributed by atoms with Crippen molar-refractivity contribution >= 4 is 22.4 Å². The Labute approximate surface area is 86.7 Å². The van der Waals surface area contributed by atoms with Crippen molar-refractivity contribution in [1.82, 2.24) is 0 Å². The number of phenolic OH excluding ortho intramolecular Hbond substituents is 1. The average molecular weight is 209 g/mol.